The maximum Gasteiger partial charge on any atom is 0.323 e. The van der Waals surface area contributed by atoms with Crippen LogP contribution in [0.3, 0.4) is 0 Å². The van der Waals surface area contributed by atoms with Gasteiger partial charge in [-0.3, -0.25) is 15.1 Å². The number of nitrogens with zero attached hydrogens (tertiary/aromatic N) is 2. The van der Waals surface area contributed by atoms with Crippen molar-refractivity contribution in [2.24, 2.45) is 0 Å². The molecular formula is C12H9BrN4O3. The topological polar surface area (TPSA) is 97.2 Å². The first-order valence-electron chi connectivity index (χ1n) is 5.48. The number of pyridine rings is 1. The van der Waals surface area contributed by atoms with Crippen molar-refractivity contribution in [1.82, 2.24) is 4.98 Å². The Labute approximate surface area is 122 Å². The van der Waals surface area contributed by atoms with E-state index in [4.69, 9.17) is 0 Å². The minimum absolute atomic E-state index is 0.0899. The van der Waals surface area contributed by atoms with E-state index in [2.05, 4.69) is 31.5 Å². The molecule has 1 aromatic carbocycles. The molecular weight excluding hydrogens is 328 g/mol. The van der Waals surface area contributed by atoms with Crippen molar-refractivity contribution < 1.29 is 9.72 Å². The summed E-state index contributed by atoms with van der Waals surface area (Å²) in [7, 11) is 0. The molecule has 0 aliphatic rings. The maximum atomic E-state index is 11.8. The lowest BCUT2D eigenvalue weighted by atomic mass is 10.3. The Morgan fingerprint density at radius 3 is 2.80 bits per heavy atom. The van der Waals surface area contributed by atoms with Crippen molar-refractivity contribution in [3.8, 4) is 0 Å². The van der Waals surface area contributed by atoms with Crippen LogP contribution in [0.4, 0.5) is 21.9 Å². The molecule has 0 saturated heterocycles. The first-order valence-corrected chi connectivity index (χ1v) is 6.27. The van der Waals surface area contributed by atoms with E-state index in [1.807, 2.05) is 0 Å². The second kappa shape index (κ2) is 6.11. The van der Waals surface area contributed by atoms with Crippen LogP contribution in [0.15, 0.2) is 47.2 Å². The summed E-state index contributed by atoms with van der Waals surface area (Å²) in [5.74, 6) is 0. The molecule has 0 spiro atoms. The van der Waals surface area contributed by atoms with Crippen molar-refractivity contribution in [3.63, 3.8) is 0 Å². The van der Waals surface area contributed by atoms with Gasteiger partial charge in [-0.15, -0.1) is 0 Å². The molecule has 0 radical (unpaired) electrons. The molecule has 1 aromatic heterocycles. The van der Waals surface area contributed by atoms with Gasteiger partial charge in [-0.05, 0) is 28.1 Å². The predicted molar refractivity (Wildman–Crippen MR) is 77.7 cm³/mol. The molecule has 0 aliphatic carbocycles. The molecule has 0 unspecified atom stereocenters. The average molecular weight is 337 g/mol. The number of urea groups is 1. The molecule has 0 aliphatic heterocycles. The van der Waals surface area contributed by atoms with E-state index >= 15 is 0 Å². The molecule has 2 amide bonds. The summed E-state index contributed by atoms with van der Waals surface area (Å²) in [6.07, 6.45) is 3.08. The van der Waals surface area contributed by atoms with E-state index in [1.165, 1.54) is 24.4 Å². The molecule has 7 nitrogen and oxygen atoms in total. The molecule has 0 fully saturated rings. The highest BCUT2D eigenvalue weighted by atomic mass is 79.9. The first-order chi connectivity index (χ1) is 9.56. The largest absolute Gasteiger partial charge is 0.323 e. The Morgan fingerprint density at radius 1 is 1.30 bits per heavy atom. The molecule has 1 heterocycles. The fraction of sp³-hybridized carbons (Fsp3) is 0. The normalized spacial score (nSPS) is 9.85. The van der Waals surface area contributed by atoms with Crippen LogP contribution in [0.1, 0.15) is 0 Å². The standard InChI is InChI=1S/C12H9BrN4O3/c13-10-7-14-5-4-11(10)16-12(18)15-8-2-1-3-9(6-8)17(19)20/h1-7H,(H2,14,15,16,18). The van der Waals surface area contributed by atoms with Gasteiger partial charge < -0.3 is 10.6 Å². The number of benzene rings is 1. The third kappa shape index (κ3) is 3.51. The number of hydrogen-bond donors (Lipinski definition) is 2. The monoisotopic (exact) mass is 336 g/mol. The SMILES string of the molecule is O=C(Nc1cccc([N+](=O)[O-])c1)Nc1ccncc1Br. The Balaban J connectivity index is 2.07. The zero-order valence-electron chi connectivity index (χ0n) is 10.0. The Hall–Kier alpha value is -2.48. The third-order valence-corrected chi connectivity index (χ3v) is 2.97. The minimum atomic E-state index is -0.525. The molecule has 0 bridgehead atoms. The second-order valence-electron chi connectivity index (χ2n) is 3.74. The van der Waals surface area contributed by atoms with E-state index in [-0.39, 0.29) is 5.69 Å². The summed E-state index contributed by atoms with van der Waals surface area (Å²) >= 11 is 3.25. The number of carbonyl (C=O) groups excluding carboxylic acids is 1. The van der Waals surface area contributed by atoms with Gasteiger partial charge in [0.05, 0.1) is 15.1 Å². The van der Waals surface area contributed by atoms with Gasteiger partial charge in [0.2, 0.25) is 0 Å². The number of aromatic nitrogens is 1. The Morgan fingerprint density at radius 2 is 2.10 bits per heavy atom. The number of amides is 2. The number of nitro benzene ring substituents is 1. The van der Waals surface area contributed by atoms with E-state index in [0.29, 0.717) is 15.8 Å². The summed E-state index contributed by atoms with van der Waals surface area (Å²) in [5.41, 5.74) is 0.790. The molecule has 0 saturated carbocycles. The van der Waals surface area contributed by atoms with Gasteiger partial charge >= 0.3 is 6.03 Å². The minimum Gasteiger partial charge on any atom is -0.307 e. The molecule has 2 N–H and O–H groups in total. The highest BCUT2D eigenvalue weighted by Gasteiger charge is 2.09. The van der Waals surface area contributed by atoms with Crippen molar-refractivity contribution in [2.75, 3.05) is 10.6 Å². The highest BCUT2D eigenvalue weighted by molar-refractivity contribution is 9.10. The summed E-state index contributed by atoms with van der Waals surface area (Å²) in [5, 5.41) is 15.8. The van der Waals surface area contributed by atoms with Gasteiger partial charge in [0.15, 0.2) is 0 Å². The van der Waals surface area contributed by atoms with Crippen molar-refractivity contribution >= 4 is 39.0 Å². The molecule has 102 valence electrons. The fourth-order valence-corrected chi connectivity index (χ4v) is 1.81. The van der Waals surface area contributed by atoms with Gasteiger partial charge in [0, 0.05) is 30.2 Å². The number of rotatable bonds is 3. The number of nitro groups is 1. The van der Waals surface area contributed by atoms with Crippen molar-refractivity contribution in [2.45, 2.75) is 0 Å². The highest BCUT2D eigenvalue weighted by Crippen LogP contribution is 2.21. The molecule has 2 aromatic rings. The van der Waals surface area contributed by atoms with Crippen LogP contribution in [0.5, 0.6) is 0 Å². The van der Waals surface area contributed by atoms with E-state index in [9.17, 15) is 14.9 Å². The average Bonchev–Trinajstić information content (AvgIpc) is 2.41. The quantitative estimate of drug-likeness (QED) is 0.663. The zero-order chi connectivity index (χ0) is 14.5. The van der Waals surface area contributed by atoms with E-state index in [1.54, 1.807) is 18.3 Å². The second-order valence-corrected chi connectivity index (χ2v) is 4.60. The van der Waals surface area contributed by atoms with Gasteiger partial charge in [-0.25, -0.2) is 4.79 Å². The van der Waals surface area contributed by atoms with Crippen molar-refractivity contribution in [1.29, 1.82) is 0 Å². The number of halogens is 1. The van der Waals surface area contributed by atoms with Crippen LogP contribution < -0.4 is 10.6 Å². The van der Waals surface area contributed by atoms with Crippen molar-refractivity contribution in [3.05, 3.63) is 57.3 Å². The van der Waals surface area contributed by atoms with Crippen LogP contribution in [-0.2, 0) is 0 Å². The van der Waals surface area contributed by atoms with Crippen LogP contribution >= 0.6 is 15.9 Å². The molecule has 0 atom stereocenters. The Bertz CT molecular complexity index is 663. The fourth-order valence-electron chi connectivity index (χ4n) is 1.46. The number of nitrogens with one attached hydrogen (secondary N) is 2. The van der Waals surface area contributed by atoms with Crippen LogP contribution in [0.2, 0.25) is 0 Å². The Kier molecular flexibility index (Phi) is 4.26. The number of hydrogen-bond acceptors (Lipinski definition) is 4. The molecule has 2 rings (SSSR count). The van der Waals surface area contributed by atoms with E-state index < -0.39 is 11.0 Å². The number of non-ortho nitro benzene ring substituents is 1. The first kappa shape index (κ1) is 13.9. The summed E-state index contributed by atoms with van der Waals surface area (Å²) in [6.45, 7) is 0. The van der Waals surface area contributed by atoms with Gasteiger partial charge in [-0.2, -0.15) is 0 Å². The lowest BCUT2D eigenvalue weighted by molar-refractivity contribution is -0.384. The molecule has 8 heteroatoms. The van der Waals surface area contributed by atoms with Crippen LogP contribution in [-0.4, -0.2) is 15.9 Å². The summed E-state index contributed by atoms with van der Waals surface area (Å²) in [6, 6.07) is 6.81. The summed E-state index contributed by atoms with van der Waals surface area (Å²) in [4.78, 5) is 25.8. The maximum absolute atomic E-state index is 11.8. The summed E-state index contributed by atoms with van der Waals surface area (Å²) < 4.78 is 0.634. The van der Waals surface area contributed by atoms with Gasteiger partial charge in [0.1, 0.15) is 0 Å². The lowest BCUT2D eigenvalue weighted by Gasteiger charge is -2.08. The number of carbonyl (C=O) groups is 1. The van der Waals surface area contributed by atoms with Gasteiger partial charge in [-0.1, -0.05) is 6.07 Å². The predicted octanol–water partition coefficient (Wildman–Crippen LogP) is 3.40. The van der Waals surface area contributed by atoms with Gasteiger partial charge in [0.25, 0.3) is 5.69 Å². The molecule has 20 heavy (non-hydrogen) atoms. The smallest absolute Gasteiger partial charge is 0.307 e. The lowest BCUT2D eigenvalue weighted by Crippen LogP contribution is -2.19. The van der Waals surface area contributed by atoms with E-state index in [0.717, 1.165) is 0 Å². The van der Waals surface area contributed by atoms with Crippen LogP contribution in [0, 0.1) is 10.1 Å². The zero-order valence-corrected chi connectivity index (χ0v) is 11.6. The van der Waals surface area contributed by atoms with Crippen LogP contribution in [0.25, 0.3) is 0 Å². The number of anilines is 2. The third-order valence-electron chi connectivity index (χ3n) is 2.34.